The molecular weight excluding hydrogens is 488 g/mol. The van der Waals surface area contributed by atoms with Crippen molar-refractivity contribution >= 4 is 68.1 Å². The second kappa shape index (κ2) is 10.2. The average Bonchev–Trinajstić information content (AvgIpc) is 2.74. The van der Waals surface area contributed by atoms with Gasteiger partial charge in [0.2, 0.25) is 5.91 Å². The van der Waals surface area contributed by atoms with Gasteiger partial charge in [-0.15, -0.1) is 0 Å². The quantitative estimate of drug-likeness (QED) is 0.602. The lowest BCUT2D eigenvalue weighted by Gasteiger charge is -2.36. The molecule has 1 saturated heterocycles. The fourth-order valence-corrected chi connectivity index (χ4v) is 3.98. The first kappa shape index (κ1) is 22.5. The van der Waals surface area contributed by atoms with Crippen LogP contribution in [0.5, 0.6) is 0 Å². The lowest BCUT2D eigenvalue weighted by molar-refractivity contribution is -0.131. The third-order valence-electron chi connectivity index (χ3n) is 4.81. The van der Waals surface area contributed by atoms with Crippen LogP contribution in [0.4, 0.5) is 11.4 Å². The fourth-order valence-electron chi connectivity index (χ4n) is 3.20. The third-order valence-corrected chi connectivity index (χ3v) is 5.85. The van der Waals surface area contributed by atoms with Gasteiger partial charge < -0.3 is 15.1 Å². The number of nitrogens with zero attached hydrogens (tertiary/aromatic N) is 2. The van der Waals surface area contributed by atoms with E-state index < -0.39 is 0 Å². The van der Waals surface area contributed by atoms with Crippen molar-refractivity contribution in [1.82, 2.24) is 10.2 Å². The van der Waals surface area contributed by atoms with E-state index in [-0.39, 0.29) is 16.9 Å². The summed E-state index contributed by atoms with van der Waals surface area (Å²) in [6.45, 7) is 4.73. The minimum Gasteiger partial charge on any atom is -0.367 e. The van der Waals surface area contributed by atoms with E-state index in [1.54, 1.807) is 30.3 Å². The summed E-state index contributed by atoms with van der Waals surface area (Å²) in [7, 11) is 0. The van der Waals surface area contributed by atoms with Crippen LogP contribution in [0, 0.1) is 0 Å². The van der Waals surface area contributed by atoms with Gasteiger partial charge in [0.1, 0.15) is 0 Å². The molecule has 2 amide bonds. The van der Waals surface area contributed by atoms with Crippen molar-refractivity contribution < 1.29 is 9.59 Å². The van der Waals surface area contributed by atoms with E-state index in [1.165, 1.54) is 0 Å². The number of anilines is 2. The summed E-state index contributed by atoms with van der Waals surface area (Å²) >= 11 is 15.1. The molecule has 0 bridgehead atoms. The summed E-state index contributed by atoms with van der Waals surface area (Å²) in [5.41, 5.74) is 2.11. The van der Waals surface area contributed by atoms with Gasteiger partial charge in [0, 0.05) is 48.3 Å². The summed E-state index contributed by atoms with van der Waals surface area (Å²) in [6, 6.07) is 12.6. The van der Waals surface area contributed by atoms with Gasteiger partial charge in [0.05, 0.1) is 10.7 Å². The zero-order chi connectivity index (χ0) is 21.7. The minimum absolute atomic E-state index is 0.180. The van der Waals surface area contributed by atoms with Crippen LogP contribution in [-0.2, 0) is 4.79 Å². The SMILES string of the molecule is CCC(=O)N1CCN(c2ccc(NC(=S)NC(=O)c3ccc(Br)cc3)cc2Cl)CC1. The van der Waals surface area contributed by atoms with Crippen LogP contribution in [0.3, 0.4) is 0 Å². The van der Waals surface area contributed by atoms with Crippen LogP contribution < -0.4 is 15.5 Å². The van der Waals surface area contributed by atoms with Crippen molar-refractivity contribution in [2.45, 2.75) is 13.3 Å². The topological polar surface area (TPSA) is 64.7 Å². The molecule has 0 atom stereocenters. The van der Waals surface area contributed by atoms with Crippen LogP contribution in [0.1, 0.15) is 23.7 Å². The molecule has 2 aromatic rings. The Hall–Kier alpha value is -2.16. The molecule has 1 aliphatic heterocycles. The predicted molar refractivity (Wildman–Crippen MR) is 128 cm³/mol. The van der Waals surface area contributed by atoms with E-state index in [9.17, 15) is 9.59 Å². The Morgan fingerprint density at radius 3 is 2.37 bits per heavy atom. The molecule has 0 radical (unpaired) electrons. The molecule has 0 aliphatic carbocycles. The zero-order valence-electron chi connectivity index (χ0n) is 16.5. The first-order valence-electron chi connectivity index (χ1n) is 9.57. The molecule has 1 fully saturated rings. The molecule has 158 valence electrons. The van der Waals surface area contributed by atoms with Crippen molar-refractivity contribution in [2.24, 2.45) is 0 Å². The van der Waals surface area contributed by atoms with Gasteiger partial charge >= 0.3 is 0 Å². The zero-order valence-corrected chi connectivity index (χ0v) is 19.6. The predicted octanol–water partition coefficient (Wildman–Crippen LogP) is 4.29. The molecular formula is C21H22BrClN4O2S. The van der Waals surface area contributed by atoms with Crippen LogP contribution in [0.25, 0.3) is 0 Å². The number of benzene rings is 2. The number of carbonyl (C=O) groups excluding carboxylic acids is 2. The Labute approximate surface area is 194 Å². The van der Waals surface area contributed by atoms with Gasteiger partial charge in [0.15, 0.2) is 5.11 Å². The summed E-state index contributed by atoms with van der Waals surface area (Å²) in [6.07, 6.45) is 0.527. The summed E-state index contributed by atoms with van der Waals surface area (Å²) in [5.74, 6) is -0.110. The fraction of sp³-hybridized carbons (Fsp3) is 0.286. The molecule has 9 heteroatoms. The Kier molecular flexibility index (Phi) is 7.69. The van der Waals surface area contributed by atoms with E-state index in [0.717, 1.165) is 23.2 Å². The maximum atomic E-state index is 12.3. The largest absolute Gasteiger partial charge is 0.367 e. The summed E-state index contributed by atoms with van der Waals surface area (Å²) in [5, 5.41) is 6.42. The van der Waals surface area contributed by atoms with E-state index in [0.29, 0.717) is 35.8 Å². The number of amides is 2. The number of nitrogens with one attached hydrogen (secondary N) is 2. The standard InChI is InChI=1S/C21H22BrClN4O2S/c1-2-19(28)27-11-9-26(10-12-27)18-8-7-16(13-17(18)23)24-21(30)25-20(29)14-3-5-15(22)6-4-14/h3-8,13H,2,9-12H2,1H3,(H2,24,25,29,30). The molecule has 30 heavy (non-hydrogen) atoms. The van der Waals surface area contributed by atoms with Crippen LogP contribution in [-0.4, -0.2) is 48.0 Å². The van der Waals surface area contributed by atoms with E-state index in [1.807, 2.05) is 24.0 Å². The second-order valence-electron chi connectivity index (χ2n) is 6.80. The lowest BCUT2D eigenvalue weighted by atomic mass is 10.2. The molecule has 3 rings (SSSR count). The van der Waals surface area contributed by atoms with Crippen molar-refractivity contribution in [3.05, 3.63) is 57.5 Å². The number of thiocarbonyl (C=S) groups is 1. The molecule has 0 saturated carbocycles. The first-order chi connectivity index (χ1) is 14.4. The number of carbonyl (C=O) groups is 2. The Balaban J connectivity index is 1.57. The van der Waals surface area contributed by atoms with Crippen LogP contribution in [0.15, 0.2) is 46.9 Å². The monoisotopic (exact) mass is 508 g/mol. The number of hydrogen-bond acceptors (Lipinski definition) is 4. The maximum Gasteiger partial charge on any atom is 0.257 e. The number of halogens is 2. The highest BCUT2D eigenvalue weighted by molar-refractivity contribution is 9.10. The van der Waals surface area contributed by atoms with Gasteiger partial charge in [-0.05, 0) is 54.7 Å². The highest BCUT2D eigenvalue weighted by Gasteiger charge is 2.21. The molecule has 6 nitrogen and oxygen atoms in total. The average molecular weight is 510 g/mol. The smallest absolute Gasteiger partial charge is 0.257 e. The third kappa shape index (κ3) is 5.71. The minimum atomic E-state index is -0.290. The molecule has 1 heterocycles. The van der Waals surface area contributed by atoms with E-state index >= 15 is 0 Å². The molecule has 0 spiro atoms. The van der Waals surface area contributed by atoms with Crippen molar-refractivity contribution in [2.75, 3.05) is 36.4 Å². The van der Waals surface area contributed by atoms with Crippen molar-refractivity contribution in [3.63, 3.8) is 0 Å². The highest BCUT2D eigenvalue weighted by atomic mass is 79.9. The summed E-state index contributed by atoms with van der Waals surface area (Å²) in [4.78, 5) is 28.1. The Bertz CT molecular complexity index is 947. The van der Waals surface area contributed by atoms with Gasteiger partial charge in [0.25, 0.3) is 5.91 Å². The number of piperazine rings is 1. The number of rotatable bonds is 4. The molecule has 0 aromatic heterocycles. The summed E-state index contributed by atoms with van der Waals surface area (Å²) < 4.78 is 0.896. The normalized spacial score (nSPS) is 13.7. The van der Waals surface area contributed by atoms with Gasteiger partial charge in [-0.25, -0.2) is 0 Å². The highest BCUT2D eigenvalue weighted by Crippen LogP contribution is 2.29. The van der Waals surface area contributed by atoms with Gasteiger partial charge in [-0.2, -0.15) is 0 Å². The Morgan fingerprint density at radius 1 is 1.10 bits per heavy atom. The maximum absolute atomic E-state index is 12.3. The van der Waals surface area contributed by atoms with Crippen LogP contribution >= 0.6 is 39.7 Å². The van der Waals surface area contributed by atoms with Gasteiger partial charge in [-0.1, -0.05) is 34.5 Å². The molecule has 2 N–H and O–H groups in total. The number of hydrogen-bond donors (Lipinski definition) is 2. The first-order valence-corrected chi connectivity index (χ1v) is 11.2. The molecule has 2 aromatic carbocycles. The van der Waals surface area contributed by atoms with Crippen molar-refractivity contribution in [3.8, 4) is 0 Å². The lowest BCUT2D eigenvalue weighted by Crippen LogP contribution is -2.48. The molecule has 0 unspecified atom stereocenters. The van der Waals surface area contributed by atoms with Crippen LogP contribution in [0.2, 0.25) is 5.02 Å². The second-order valence-corrected chi connectivity index (χ2v) is 8.53. The molecule has 1 aliphatic rings. The van der Waals surface area contributed by atoms with E-state index in [2.05, 4.69) is 31.5 Å². The van der Waals surface area contributed by atoms with Gasteiger partial charge in [-0.3, -0.25) is 14.9 Å². The van der Waals surface area contributed by atoms with E-state index in [4.69, 9.17) is 23.8 Å². The Morgan fingerprint density at radius 2 is 1.77 bits per heavy atom. The van der Waals surface area contributed by atoms with Crippen molar-refractivity contribution in [1.29, 1.82) is 0 Å².